The summed E-state index contributed by atoms with van der Waals surface area (Å²) in [5.41, 5.74) is 0.674. The molecular formula is C13H19NO4. The van der Waals surface area contributed by atoms with Gasteiger partial charge in [0.25, 0.3) is 0 Å². The second-order valence-electron chi connectivity index (χ2n) is 4.70. The van der Waals surface area contributed by atoms with Crippen molar-refractivity contribution in [3.8, 4) is 11.5 Å². The van der Waals surface area contributed by atoms with Gasteiger partial charge in [-0.3, -0.25) is 4.90 Å². The van der Waals surface area contributed by atoms with E-state index < -0.39 is 6.10 Å². The Morgan fingerprint density at radius 3 is 2.78 bits per heavy atom. The van der Waals surface area contributed by atoms with Crippen LogP contribution < -0.4 is 0 Å². The Morgan fingerprint density at radius 2 is 2.06 bits per heavy atom. The summed E-state index contributed by atoms with van der Waals surface area (Å²) in [4.78, 5) is 2.01. The van der Waals surface area contributed by atoms with Gasteiger partial charge >= 0.3 is 0 Å². The number of rotatable bonds is 4. The number of nitrogens with zero attached hydrogens (tertiary/aromatic N) is 1. The predicted molar refractivity (Wildman–Crippen MR) is 66.5 cm³/mol. The van der Waals surface area contributed by atoms with Crippen molar-refractivity contribution in [1.82, 2.24) is 4.90 Å². The lowest BCUT2D eigenvalue weighted by atomic mass is 10.1. The molecule has 1 aliphatic rings. The first kappa shape index (κ1) is 13.1. The van der Waals surface area contributed by atoms with E-state index in [-0.39, 0.29) is 24.1 Å². The summed E-state index contributed by atoms with van der Waals surface area (Å²) in [7, 11) is 0. The van der Waals surface area contributed by atoms with Gasteiger partial charge in [0.2, 0.25) is 0 Å². The van der Waals surface area contributed by atoms with Crippen molar-refractivity contribution in [1.29, 1.82) is 0 Å². The highest BCUT2D eigenvalue weighted by atomic mass is 16.3. The molecule has 0 saturated carbocycles. The van der Waals surface area contributed by atoms with Crippen LogP contribution in [0.5, 0.6) is 11.5 Å². The number of aromatic hydroxyl groups is 2. The molecule has 1 aromatic rings. The van der Waals surface area contributed by atoms with Crippen molar-refractivity contribution >= 4 is 0 Å². The van der Waals surface area contributed by atoms with Gasteiger partial charge in [0.15, 0.2) is 0 Å². The topological polar surface area (TPSA) is 84.2 Å². The zero-order valence-electron chi connectivity index (χ0n) is 10.2. The molecule has 0 radical (unpaired) electrons. The van der Waals surface area contributed by atoms with Gasteiger partial charge in [-0.05, 0) is 36.6 Å². The monoisotopic (exact) mass is 253 g/mol. The molecule has 0 spiro atoms. The van der Waals surface area contributed by atoms with Crippen LogP contribution in [0.3, 0.4) is 0 Å². The van der Waals surface area contributed by atoms with E-state index in [2.05, 4.69) is 0 Å². The number of likely N-dealkylation sites (tertiary alicyclic amines) is 1. The SMILES string of the molecule is OC[C@@H]1C(O)CCN1CCc1cc(O)ccc1O. The standard InChI is InChI=1S/C13H19NO4/c15-8-11-13(18)4-6-14(11)5-3-9-7-10(16)1-2-12(9)17/h1-2,7,11,13,15-18H,3-6,8H2/t11-,13?/m1/s1. The van der Waals surface area contributed by atoms with E-state index in [9.17, 15) is 20.4 Å². The molecule has 2 atom stereocenters. The Morgan fingerprint density at radius 1 is 1.28 bits per heavy atom. The fourth-order valence-electron chi connectivity index (χ4n) is 2.45. The largest absolute Gasteiger partial charge is 0.508 e. The van der Waals surface area contributed by atoms with Crippen LogP contribution in [0.15, 0.2) is 18.2 Å². The maximum atomic E-state index is 9.66. The zero-order valence-corrected chi connectivity index (χ0v) is 10.2. The van der Waals surface area contributed by atoms with E-state index in [4.69, 9.17) is 0 Å². The van der Waals surface area contributed by atoms with Crippen LogP contribution >= 0.6 is 0 Å². The molecule has 1 unspecified atom stereocenters. The maximum absolute atomic E-state index is 9.66. The van der Waals surface area contributed by atoms with Gasteiger partial charge in [-0.25, -0.2) is 0 Å². The Bertz CT molecular complexity index is 410. The van der Waals surface area contributed by atoms with Gasteiger partial charge < -0.3 is 20.4 Å². The fourth-order valence-corrected chi connectivity index (χ4v) is 2.45. The summed E-state index contributed by atoms with van der Waals surface area (Å²) in [5.74, 6) is 0.288. The molecule has 0 bridgehead atoms. The molecule has 0 aromatic heterocycles. The number of phenolic OH excluding ortho intramolecular Hbond substituents is 2. The third kappa shape index (κ3) is 2.75. The molecule has 1 aliphatic heterocycles. The number of hydrogen-bond donors (Lipinski definition) is 4. The second kappa shape index (κ2) is 5.56. The number of aliphatic hydroxyl groups is 2. The van der Waals surface area contributed by atoms with Crippen LogP contribution in [0.25, 0.3) is 0 Å². The zero-order chi connectivity index (χ0) is 13.1. The van der Waals surface area contributed by atoms with Crippen LogP contribution in [-0.2, 0) is 6.42 Å². The summed E-state index contributed by atoms with van der Waals surface area (Å²) in [6, 6.07) is 4.22. The van der Waals surface area contributed by atoms with Gasteiger partial charge in [0.05, 0.1) is 18.8 Å². The first-order valence-electron chi connectivity index (χ1n) is 6.15. The predicted octanol–water partition coefficient (Wildman–Crippen LogP) is 0.0678. The van der Waals surface area contributed by atoms with Gasteiger partial charge in [0, 0.05) is 13.1 Å². The van der Waals surface area contributed by atoms with Crippen LogP contribution in [-0.4, -0.2) is 57.2 Å². The molecule has 100 valence electrons. The van der Waals surface area contributed by atoms with Crippen LogP contribution in [0, 0.1) is 0 Å². The second-order valence-corrected chi connectivity index (χ2v) is 4.70. The Balaban J connectivity index is 1.97. The van der Waals surface area contributed by atoms with E-state index in [0.717, 1.165) is 6.54 Å². The lowest BCUT2D eigenvalue weighted by Gasteiger charge is -2.24. The van der Waals surface area contributed by atoms with E-state index in [1.54, 1.807) is 0 Å². The minimum atomic E-state index is -0.479. The average Bonchev–Trinajstić information content (AvgIpc) is 2.71. The Kier molecular flexibility index (Phi) is 4.06. The molecule has 1 saturated heterocycles. The Labute approximate surface area is 106 Å². The lowest BCUT2D eigenvalue weighted by Crippen LogP contribution is -2.39. The molecule has 1 heterocycles. The minimum absolute atomic E-state index is 0.0623. The molecule has 5 nitrogen and oxygen atoms in total. The van der Waals surface area contributed by atoms with E-state index in [0.29, 0.717) is 24.9 Å². The fraction of sp³-hybridized carbons (Fsp3) is 0.538. The first-order valence-corrected chi connectivity index (χ1v) is 6.15. The van der Waals surface area contributed by atoms with E-state index in [1.165, 1.54) is 18.2 Å². The summed E-state index contributed by atoms with van der Waals surface area (Å²) in [6.07, 6.45) is 0.758. The van der Waals surface area contributed by atoms with Gasteiger partial charge in [0.1, 0.15) is 11.5 Å². The summed E-state index contributed by atoms with van der Waals surface area (Å²) < 4.78 is 0. The summed E-state index contributed by atoms with van der Waals surface area (Å²) >= 11 is 0. The number of phenols is 2. The van der Waals surface area contributed by atoms with Crippen molar-refractivity contribution in [3.05, 3.63) is 23.8 Å². The summed E-state index contributed by atoms with van der Waals surface area (Å²) in [5, 5.41) is 37.9. The Hall–Kier alpha value is -1.30. The molecular weight excluding hydrogens is 234 g/mol. The maximum Gasteiger partial charge on any atom is 0.119 e. The molecule has 4 N–H and O–H groups in total. The highest BCUT2D eigenvalue weighted by Gasteiger charge is 2.31. The quantitative estimate of drug-likeness (QED) is 0.571. The van der Waals surface area contributed by atoms with Gasteiger partial charge in [-0.1, -0.05) is 0 Å². The first-order chi connectivity index (χ1) is 8.61. The molecule has 1 aromatic carbocycles. The minimum Gasteiger partial charge on any atom is -0.508 e. The van der Waals surface area contributed by atoms with Crippen molar-refractivity contribution in [2.24, 2.45) is 0 Å². The van der Waals surface area contributed by atoms with Crippen LogP contribution in [0.1, 0.15) is 12.0 Å². The molecule has 2 rings (SSSR count). The highest BCUT2D eigenvalue weighted by molar-refractivity contribution is 5.38. The van der Waals surface area contributed by atoms with Crippen molar-refractivity contribution in [2.45, 2.75) is 25.0 Å². The van der Waals surface area contributed by atoms with Crippen LogP contribution in [0.2, 0.25) is 0 Å². The van der Waals surface area contributed by atoms with E-state index in [1.807, 2.05) is 4.90 Å². The van der Waals surface area contributed by atoms with Crippen LogP contribution in [0.4, 0.5) is 0 Å². The number of aliphatic hydroxyl groups excluding tert-OH is 2. The third-order valence-electron chi connectivity index (χ3n) is 3.54. The molecule has 0 aliphatic carbocycles. The smallest absolute Gasteiger partial charge is 0.119 e. The lowest BCUT2D eigenvalue weighted by molar-refractivity contribution is 0.0719. The molecule has 0 amide bonds. The van der Waals surface area contributed by atoms with Gasteiger partial charge in [-0.15, -0.1) is 0 Å². The number of benzene rings is 1. The van der Waals surface area contributed by atoms with Crippen molar-refractivity contribution in [3.63, 3.8) is 0 Å². The molecule has 1 fully saturated rings. The average molecular weight is 253 g/mol. The molecule has 5 heteroatoms. The molecule has 18 heavy (non-hydrogen) atoms. The van der Waals surface area contributed by atoms with Gasteiger partial charge in [-0.2, -0.15) is 0 Å². The normalized spacial score (nSPS) is 24.6. The summed E-state index contributed by atoms with van der Waals surface area (Å²) in [6.45, 7) is 1.32. The highest BCUT2D eigenvalue weighted by Crippen LogP contribution is 2.24. The van der Waals surface area contributed by atoms with Crippen molar-refractivity contribution in [2.75, 3.05) is 19.7 Å². The van der Waals surface area contributed by atoms with Crippen molar-refractivity contribution < 1.29 is 20.4 Å². The third-order valence-corrected chi connectivity index (χ3v) is 3.54. The number of hydrogen-bond acceptors (Lipinski definition) is 5. The van der Waals surface area contributed by atoms with E-state index >= 15 is 0 Å².